The Morgan fingerprint density at radius 3 is 2.56 bits per heavy atom. The molecule has 0 amide bonds. The number of halogens is 1. The highest BCUT2D eigenvalue weighted by molar-refractivity contribution is 6.38. The fourth-order valence-corrected chi connectivity index (χ4v) is 1.54. The first-order valence-electron chi connectivity index (χ1n) is 4.51. The predicted molar refractivity (Wildman–Crippen MR) is 61.5 cm³/mol. The summed E-state index contributed by atoms with van der Waals surface area (Å²) >= 11 is 5.53. The van der Waals surface area contributed by atoms with Crippen molar-refractivity contribution >= 4 is 23.4 Å². The summed E-state index contributed by atoms with van der Waals surface area (Å²) in [6.07, 6.45) is 1.33. The van der Waals surface area contributed by atoms with Gasteiger partial charge in [0.2, 0.25) is 0 Å². The molecule has 0 aliphatic heterocycles. The first-order valence-corrected chi connectivity index (χ1v) is 4.95. The minimum Gasteiger partial charge on any atom is -0.507 e. The third kappa shape index (κ3) is 2.40. The summed E-state index contributed by atoms with van der Waals surface area (Å²) in [5.74, 6) is -0.0587. The van der Waals surface area contributed by atoms with E-state index in [0.717, 1.165) is 0 Å². The lowest BCUT2D eigenvalue weighted by Crippen LogP contribution is -2.17. The molecule has 0 aromatic heterocycles. The molecule has 0 heterocycles. The number of aromatic hydroxyl groups is 2. The van der Waals surface area contributed by atoms with Crippen LogP contribution in [0.15, 0.2) is 6.07 Å². The molecule has 0 aliphatic carbocycles. The van der Waals surface area contributed by atoms with Crippen LogP contribution in [0, 0.1) is 0 Å². The maximum atomic E-state index is 9.87. The molecule has 0 saturated heterocycles. The van der Waals surface area contributed by atoms with E-state index in [4.69, 9.17) is 21.1 Å². The van der Waals surface area contributed by atoms with Gasteiger partial charge < -0.3 is 19.7 Å². The number of benzene rings is 1. The number of phenols is 2. The van der Waals surface area contributed by atoms with E-state index < -0.39 is 0 Å². The van der Waals surface area contributed by atoms with Crippen LogP contribution in [0.5, 0.6) is 11.5 Å². The summed E-state index contributed by atoms with van der Waals surface area (Å²) in [7, 11) is 2.94. The molecule has 0 fully saturated rings. The van der Waals surface area contributed by atoms with Gasteiger partial charge in [-0.1, -0.05) is 11.6 Å². The van der Waals surface area contributed by atoms with Gasteiger partial charge in [0, 0.05) is 23.4 Å². The van der Waals surface area contributed by atoms with Crippen LogP contribution in [-0.2, 0) is 16.1 Å². The van der Waals surface area contributed by atoms with E-state index in [1.807, 2.05) is 0 Å². The lowest BCUT2D eigenvalue weighted by Gasteiger charge is -2.07. The van der Waals surface area contributed by atoms with Gasteiger partial charge >= 0.3 is 0 Å². The highest BCUT2D eigenvalue weighted by Gasteiger charge is 2.09. The molecule has 1 rings (SSSR count). The zero-order valence-electron chi connectivity index (χ0n) is 9.03. The van der Waals surface area contributed by atoms with E-state index in [1.54, 1.807) is 0 Å². The van der Waals surface area contributed by atoms with Gasteiger partial charge in [-0.25, -0.2) is 0 Å². The molecule has 0 aliphatic rings. The van der Waals surface area contributed by atoms with Crippen molar-refractivity contribution in [1.82, 2.24) is 0 Å². The van der Waals surface area contributed by atoms with Crippen molar-refractivity contribution in [2.45, 2.75) is 6.61 Å². The van der Waals surface area contributed by atoms with Crippen molar-refractivity contribution < 1.29 is 19.7 Å². The largest absolute Gasteiger partial charge is 0.507 e. The van der Waals surface area contributed by atoms with E-state index >= 15 is 0 Å². The molecule has 0 radical (unpaired) electrons. The second-order valence-corrected chi connectivity index (χ2v) is 3.34. The molecular formula is C11H13ClO4. The molecule has 88 valence electrons. The van der Waals surface area contributed by atoms with Gasteiger partial charge in [-0.05, 0) is 6.07 Å². The molecule has 1 aromatic carbocycles. The van der Waals surface area contributed by atoms with Crippen LogP contribution in [0.2, 0.25) is 0 Å². The van der Waals surface area contributed by atoms with Crippen molar-refractivity contribution in [1.29, 1.82) is 0 Å². The van der Waals surface area contributed by atoms with Crippen LogP contribution in [-0.4, -0.2) is 24.4 Å². The van der Waals surface area contributed by atoms with Crippen molar-refractivity contribution in [2.75, 3.05) is 14.2 Å². The van der Waals surface area contributed by atoms with Crippen molar-refractivity contribution in [2.24, 2.45) is 0 Å². The van der Waals surface area contributed by atoms with Crippen LogP contribution in [0.3, 0.4) is 0 Å². The molecular weight excluding hydrogens is 232 g/mol. The smallest absolute Gasteiger partial charge is 0.130 e. The first-order chi connectivity index (χ1) is 7.65. The number of ether oxygens (including phenoxy) is 2. The summed E-state index contributed by atoms with van der Waals surface area (Å²) in [6.45, 7) is 0.146. The molecule has 0 unspecified atom stereocenters. The second kappa shape index (κ2) is 5.63. The van der Waals surface area contributed by atoms with Crippen LogP contribution in [0.25, 0.3) is 11.8 Å². The van der Waals surface area contributed by atoms with Gasteiger partial charge in [-0.15, -0.1) is 0 Å². The molecule has 16 heavy (non-hydrogen) atoms. The minimum atomic E-state index is -0.0297. The highest BCUT2D eigenvalue weighted by Crippen LogP contribution is 2.13. The normalized spacial score (nSPS) is 13.2. The van der Waals surface area contributed by atoms with Crippen LogP contribution >= 0.6 is 11.6 Å². The summed E-state index contributed by atoms with van der Waals surface area (Å²) in [6, 6.07) is 1.35. The first kappa shape index (κ1) is 12.7. The van der Waals surface area contributed by atoms with Gasteiger partial charge in [-0.2, -0.15) is 0 Å². The topological polar surface area (TPSA) is 58.9 Å². The fraction of sp³-hybridized carbons (Fsp3) is 0.273. The highest BCUT2D eigenvalue weighted by atomic mass is 35.5. The number of phenolic OH excluding ortho intramolecular Hbond substituents is 2. The van der Waals surface area contributed by atoms with Crippen LogP contribution < -0.4 is 10.4 Å². The monoisotopic (exact) mass is 244 g/mol. The van der Waals surface area contributed by atoms with Gasteiger partial charge in [0.05, 0.1) is 25.2 Å². The number of methoxy groups -OCH3 is 2. The summed E-state index contributed by atoms with van der Waals surface area (Å²) in [5, 5.41) is 20.3. The molecule has 0 spiro atoms. The molecule has 0 saturated carbocycles. The van der Waals surface area contributed by atoms with Gasteiger partial charge in [0.25, 0.3) is 0 Å². The molecule has 0 atom stereocenters. The van der Waals surface area contributed by atoms with E-state index in [2.05, 4.69) is 0 Å². The third-order valence-corrected chi connectivity index (χ3v) is 2.33. The SMILES string of the molecule is COC=c1c(O)cc(=CCl)c(O)c1COC. The van der Waals surface area contributed by atoms with Gasteiger partial charge in [0.15, 0.2) is 0 Å². The standard InChI is InChI=1S/C11H13ClO4/c1-15-5-8-9(6-16-2)11(14)7(4-12)3-10(8)13/h3-5,13-14H,6H2,1-2H3. The Balaban J connectivity index is 3.62. The van der Waals surface area contributed by atoms with Crippen LogP contribution in [0.4, 0.5) is 0 Å². The Bertz CT molecular complexity index is 482. The van der Waals surface area contributed by atoms with E-state index in [1.165, 1.54) is 32.1 Å². The maximum Gasteiger partial charge on any atom is 0.130 e. The molecule has 5 heteroatoms. The average Bonchev–Trinajstić information content (AvgIpc) is 2.28. The number of rotatable bonds is 3. The lowest BCUT2D eigenvalue weighted by atomic mass is 10.1. The quantitative estimate of drug-likeness (QED) is 0.765. The van der Waals surface area contributed by atoms with Crippen LogP contribution in [0.1, 0.15) is 5.56 Å². The zero-order valence-corrected chi connectivity index (χ0v) is 9.78. The molecule has 4 nitrogen and oxygen atoms in total. The summed E-state index contributed by atoms with van der Waals surface area (Å²) in [4.78, 5) is 0. The van der Waals surface area contributed by atoms with Crippen molar-refractivity contribution in [3.8, 4) is 11.5 Å². The molecule has 1 aromatic rings. The fourth-order valence-electron chi connectivity index (χ4n) is 1.37. The summed E-state index contributed by atoms with van der Waals surface area (Å²) < 4.78 is 9.78. The van der Waals surface area contributed by atoms with E-state index in [9.17, 15) is 10.2 Å². The van der Waals surface area contributed by atoms with Crippen molar-refractivity contribution in [3.63, 3.8) is 0 Å². The van der Waals surface area contributed by atoms with E-state index in [0.29, 0.717) is 16.0 Å². The maximum absolute atomic E-state index is 9.87. The van der Waals surface area contributed by atoms with Crippen molar-refractivity contribution in [3.05, 3.63) is 22.1 Å². The van der Waals surface area contributed by atoms with E-state index in [-0.39, 0.29) is 18.1 Å². The summed E-state index contributed by atoms with van der Waals surface area (Å²) in [5.41, 5.74) is 1.61. The Labute approximate surface area is 98.0 Å². The minimum absolute atomic E-state index is 0.0291. The van der Waals surface area contributed by atoms with Gasteiger partial charge in [0.1, 0.15) is 11.5 Å². The zero-order chi connectivity index (χ0) is 12.1. The average molecular weight is 245 g/mol. The Morgan fingerprint density at radius 1 is 1.38 bits per heavy atom. The number of hydrogen-bond acceptors (Lipinski definition) is 4. The third-order valence-electron chi connectivity index (χ3n) is 2.09. The number of hydrogen-bond donors (Lipinski definition) is 2. The molecule has 0 bridgehead atoms. The Kier molecular flexibility index (Phi) is 4.46. The molecule has 2 N–H and O–H groups in total. The Morgan fingerprint density at radius 2 is 2.06 bits per heavy atom. The Hall–Kier alpha value is -1.39. The second-order valence-electron chi connectivity index (χ2n) is 3.12. The predicted octanol–water partition coefficient (Wildman–Crippen LogP) is 0.605. The lowest BCUT2D eigenvalue weighted by molar-refractivity contribution is 0.180. The van der Waals surface area contributed by atoms with Gasteiger partial charge in [-0.3, -0.25) is 0 Å².